The third-order valence-electron chi connectivity index (χ3n) is 2.75. The molecule has 0 fully saturated rings. The summed E-state index contributed by atoms with van der Waals surface area (Å²) in [4.78, 5) is 12.1. The van der Waals surface area contributed by atoms with E-state index in [0.717, 1.165) is 6.42 Å². The zero-order chi connectivity index (χ0) is 15.2. The summed E-state index contributed by atoms with van der Waals surface area (Å²) in [5.74, 6) is -0.145. The Morgan fingerprint density at radius 1 is 1.29 bits per heavy atom. The van der Waals surface area contributed by atoms with Gasteiger partial charge in [-0.25, -0.2) is 4.39 Å². The van der Waals surface area contributed by atoms with Gasteiger partial charge in [0.2, 0.25) is 0 Å². The monoisotopic (exact) mass is 351 g/mol. The number of carbonyl (C=O) groups is 1. The van der Waals surface area contributed by atoms with Gasteiger partial charge in [-0.15, -0.1) is 0 Å². The van der Waals surface area contributed by atoms with Crippen LogP contribution in [0.1, 0.15) is 23.7 Å². The summed E-state index contributed by atoms with van der Waals surface area (Å²) in [5, 5.41) is 2.72. The number of rotatable bonds is 5. The van der Waals surface area contributed by atoms with Crippen molar-refractivity contribution >= 4 is 27.5 Å². The van der Waals surface area contributed by atoms with Crippen LogP contribution in [-0.4, -0.2) is 12.5 Å². The third-order valence-corrected chi connectivity index (χ3v) is 3.39. The standard InChI is InChI=1S/C16H15BrFNO2/c1-2-8-21-13-5-3-4-12(10-13)19-16(20)11-6-7-14(17)15(18)9-11/h3-7,9-10H,2,8H2,1H3,(H,19,20). The molecule has 2 aromatic rings. The van der Waals surface area contributed by atoms with Crippen LogP contribution in [0, 0.1) is 5.82 Å². The Balaban J connectivity index is 2.10. The van der Waals surface area contributed by atoms with Crippen LogP contribution >= 0.6 is 15.9 Å². The fraction of sp³-hybridized carbons (Fsp3) is 0.188. The van der Waals surface area contributed by atoms with Crippen molar-refractivity contribution in [2.45, 2.75) is 13.3 Å². The van der Waals surface area contributed by atoms with Gasteiger partial charge in [0.15, 0.2) is 0 Å². The molecule has 0 aliphatic heterocycles. The van der Waals surface area contributed by atoms with Crippen LogP contribution in [0.15, 0.2) is 46.9 Å². The van der Waals surface area contributed by atoms with E-state index in [9.17, 15) is 9.18 Å². The van der Waals surface area contributed by atoms with Crippen molar-refractivity contribution in [2.75, 3.05) is 11.9 Å². The second-order valence-electron chi connectivity index (χ2n) is 4.46. The summed E-state index contributed by atoms with van der Waals surface area (Å²) in [6.07, 6.45) is 0.911. The number of halogens is 2. The average molecular weight is 352 g/mol. The summed E-state index contributed by atoms with van der Waals surface area (Å²) in [5.41, 5.74) is 0.868. The molecule has 2 aromatic carbocycles. The van der Waals surface area contributed by atoms with E-state index in [-0.39, 0.29) is 11.5 Å². The Hall–Kier alpha value is -1.88. The Kier molecular flexibility index (Phi) is 5.33. The molecule has 0 aromatic heterocycles. The van der Waals surface area contributed by atoms with Gasteiger partial charge in [0.1, 0.15) is 11.6 Å². The van der Waals surface area contributed by atoms with E-state index in [4.69, 9.17) is 4.74 Å². The van der Waals surface area contributed by atoms with E-state index in [2.05, 4.69) is 21.2 Å². The molecule has 0 unspecified atom stereocenters. The molecule has 21 heavy (non-hydrogen) atoms. The molecular weight excluding hydrogens is 337 g/mol. The van der Waals surface area contributed by atoms with Gasteiger partial charge in [-0.2, -0.15) is 0 Å². The van der Waals surface area contributed by atoms with Crippen LogP contribution in [0.2, 0.25) is 0 Å². The second kappa shape index (κ2) is 7.22. The van der Waals surface area contributed by atoms with Crippen molar-refractivity contribution in [1.82, 2.24) is 0 Å². The lowest BCUT2D eigenvalue weighted by molar-refractivity contribution is 0.102. The Labute approximate surface area is 131 Å². The maximum absolute atomic E-state index is 13.4. The van der Waals surface area contributed by atoms with Crippen LogP contribution in [0.5, 0.6) is 5.75 Å². The molecule has 0 aliphatic rings. The first-order chi connectivity index (χ1) is 10.1. The predicted molar refractivity (Wildman–Crippen MR) is 84.3 cm³/mol. The topological polar surface area (TPSA) is 38.3 Å². The number of amides is 1. The number of hydrogen-bond acceptors (Lipinski definition) is 2. The predicted octanol–water partition coefficient (Wildman–Crippen LogP) is 4.63. The SMILES string of the molecule is CCCOc1cccc(NC(=O)c2ccc(Br)c(F)c2)c1. The van der Waals surface area contributed by atoms with Gasteiger partial charge in [-0.3, -0.25) is 4.79 Å². The molecule has 0 atom stereocenters. The van der Waals surface area contributed by atoms with E-state index in [1.165, 1.54) is 12.1 Å². The van der Waals surface area contributed by atoms with Crippen molar-refractivity contribution in [3.05, 3.63) is 58.3 Å². The summed E-state index contributed by atoms with van der Waals surface area (Å²) < 4.78 is 19.3. The van der Waals surface area contributed by atoms with Crippen molar-refractivity contribution in [3.8, 4) is 5.75 Å². The molecule has 0 saturated carbocycles. The lowest BCUT2D eigenvalue weighted by Crippen LogP contribution is -2.12. The van der Waals surface area contributed by atoms with Gasteiger partial charge in [0, 0.05) is 17.3 Å². The zero-order valence-electron chi connectivity index (χ0n) is 11.5. The quantitative estimate of drug-likeness (QED) is 0.852. The highest BCUT2D eigenvalue weighted by Crippen LogP contribution is 2.20. The highest BCUT2D eigenvalue weighted by molar-refractivity contribution is 9.10. The highest BCUT2D eigenvalue weighted by Gasteiger charge is 2.09. The van der Waals surface area contributed by atoms with Gasteiger partial charge < -0.3 is 10.1 Å². The molecule has 2 rings (SSSR count). The number of hydrogen-bond donors (Lipinski definition) is 1. The van der Waals surface area contributed by atoms with Crippen LogP contribution in [0.25, 0.3) is 0 Å². The maximum Gasteiger partial charge on any atom is 0.255 e. The van der Waals surface area contributed by atoms with Crippen molar-refractivity contribution < 1.29 is 13.9 Å². The van der Waals surface area contributed by atoms with Crippen molar-refractivity contribution in [1.29, 1.82) is 0 Å². The average Bonchev–Trinajstić information content (AvgIpc) is 2.48. The molecule has 0 heterocycles. The molecule has 0 radical (unpaired) electrons. The van der Waals surface area contributed by atoms with Crippen molar-refractivity contribution in [2.24, 2.45) is 0 Å². The van der Waals surface area contributed by atoms with E-state index < -0.39 is 5.82 Å². The first kappa shape index (κ1) is 15.5. The first-order valence-corrected chi connectivity index (χ1v) is 7.38. The van der Waals surface area contributed by atoms with Gasteiger partial charge in [-0.05, 0) is 52.7 Å². The molecule has 0 spiro atoms. The second-order valence-corrected chi connectivity index (χ2v) is 5.31. The van der Waals surface area contributed by atoms with E-state index >= 15 is 0 Å². The molecular formula is C16H15BrFNO2. The minimum atomic E-state index is -0.470. The molecule has 5 heteroatoms. The molecule has 0 bridgehead atoms. The molecule has 3 nitrogen and oxygen atoms in total. The lowest BCUT2D eigenvalue weighted by atomic mass is 10.2. The van der Waals surface area contributed by atoms with Gasteiger partial charge in [-0.1, -0.05) is 13.0 Å². The van der Waals surface area contributed by atoms with E-state index in [0.29, 0.717) is 22.5 Å². The number of nitrogens with one attached hydrogen (secondary N) is 1. The normalized spacial score (nSPS) is 10.2. The minimum Gasteiger partial charge on any atom is -0.494 e. The fourth-order valence-electron chi connectivity index (χ4n) is 1.72. The minimum absolute atomic E-state index is 0.260. The number of anilines is 1. The van der Waals surface area contributed by atoms with E-state index in [1.54, 1.807) is 24.3 Å². The largest absolute Gasteiger partial charge is 0.494 e. The number of ether oxygens (including phenoxy) is 1. The molecule has 110 valence electrons. The third kappa shape index (κ3) is 4.29. The summed E-state index contributed by atoms with van der Waals surface area (Å²) >= 11 is 3.06. The Morgan fingerprint density at radius 3 is 2.81 bits per heavy atom. The van der Waals surface area contributed by atoms with Gasteiger partial charge >= 0.3 is 0 Å². The molecule has 0 saturated heterocycles. The summed E-state index contributed by atoms with van der Waals surface area (Å²) in [6.45, 7) is 2.64. The lowest BCUT2D eigenvalue weighted by Gasteiger charge is -2.09. The van der Waals surface area contributed by atoms with E-state index in [1.807, 2.05) is 13.0 Å². The summed E-state index contributed by atoms with van der Waals surface area (Å²) in [6, 6.07) is 11.4. The highest BCUT2D eigenvalue weighted by atomic mass is 79.9. The molecule has 0 aliphatic carbocycles. The summed E-state index contributed by atoms with van der Waals surface area (Å²) in [7, 11) is 0. The smallest absolute Gasteiger partial charge is 0.255 e. The Bertz CT molecular complexity index is 646. The van der Waals surface area contributed by atoms with Crippen LogP contribution in [0.4, 0.5) is 10.1 Å². The fourth-order valence-corrected chi connectivity index (χ4v) is 1.97. The molecule has 1 N–H and O–H groups in total. The molecule has 1 amide bonds. The van der Waals surface area contributed by atoms with Crippen LogP contribution in [-0.2, 0) is 0 Å². The van der Waals surface area contributed by atoms with Gasteiger partial charge in [0.25, 0.3) is 5.91 Å². The maximum atomic E-state index is 13.4. The van der Waals surface area contributed by atoms with Gasteiger partial charge in [0.05, 0.1) is 11.1 Å². The van der Waals surface area contributed by atoms with Crippen molar-refractivity contribution in [3.63, 3.8) is 0 Å². The number of benzene rings is 2. The number of carbonyl (C=O) groups excluding carboxylic acids is 1. The van der Waals surface area contributed by atoms with Crippen LogP contribution in [0.3, 0.4) is 0 Å². The first-order valence-electron chi connectivity index (χ1n) is 6.59. The zero-order valence-corrected chi connectivity index (χ0v) is 13.1. The van der Waals surface area contributed by atoms with Crippen LogP contribution < -0.4 is 10.1 Å². The Morgan fingerprint density at radius 2 is 2.10 bits per heavy atom.